The zero-order valence-corrected chi connectivity index (χ0v) is 9.34. The van der Waals surface area contributed by atoms with Gasteiger partial charge in [0.2, 0.25) is 0 Å². The Kier molecular flexibility index (Phi) is 3.79. The molecule has 0 bridgehead atoms. The van der Waals surface area contributed by atoms with Crippen molar-refractivity contribution in [2.45, 2.75) is 38.1 Å². The molecule has 2 aliphatic rings. The highest BCUT2D eigenvalue weighted by atomic mass is 15.5. The molecule has 0 radical (unpaired) electrons. The van der Waals surface area contributed by atoms with Gasteiger partial charge in [-0.15, -0.1) is 0 Å². The van der Waals surface area contributed by atoms with E-state index in [-0.39, 0.29) is 0 Å². The van der Waals surface area contributed by atoms with Gasteiger partial charge in [0.15, 0.2) is 0 Å². The number of piperidine rings is 1. The number of nitrogens with zero attached hydrogens (tertiary/aromatic N) is 2. The van der Waals surface area contributed by atoms with Crippen molar-refractivity contribution < 1.29 is 0 Å². The molecule has 2 aliphatic heterocycles. The SMILES string of the molecule is CN1CCCC1CNN1CCCCC1. The first-order valence-electron chi connectivity index (χ1n) is 6.05. The van der Waals surface area contributed by atoms with Gasteiger partial charge < -0.3 is 4.90 Å². The Labute approximate surface area is 87.4 Å². The topological polar surface area (TPSA) is 18.5 Å². The largest absolute Gasteiger partial charge is 0.302 e. The van der Waals surface area contributed by atoms with E-state index < -0.39 is 0 Å². The van der Waals surface area contributed by atoms with E-state index in [0.717, 1.165) is 12.6 Å². The van der Waals surface area contributed by atoms with Crippen LogP contribution in [0.5, 0.6) is 0 Å². The van der Waals surface area contributed by atoms with Crippen LogP contribution in [0, 0.1) is 0 Å². The number of hydrogen-bond donors (Lipinski definition) is 1. The van der Waals surface area contributed by atoms with Gasteiger partial charge in [0.05, 0.1) is 0 Å². The van der Waals surface area contributed by atoms with Gasteiger partial charge in [-0.2, -0.15) is 0 Å². The molecule has 0 aromatic rings. The standard InChI is InChI=1S/C11H23N3/c1-13-7-5-6-11(13)10-12-14-8-3-2-4-9-14/h11-12H,2-10H2,1H3. The van der Waals surface area contributed by atoms with Crippen LogP contribution < -0.4 is 5.43 Å². The summed E-state index contributed by atoms with van der Waals surface area (Å²) >= 11 is 0. The molecular weight excluding hydrogens is 174 g/mol. The lowest BCUT2D eigenvalue weighted by Crippen LogP contribution is -2.47. The average Bonchev–Trinajstić information content (AvgIpc) is 2.63. The Hall–Kier alpha value is -0.120. The number of rotatable bonds is 3. The first-order valence-corrected chi connectivity index (χ1v) is 6.05. The maximum Gasteiger partial charge on any atom is 0.0258 e. The summed E-state index contributed by atoms with van der Waals surface area (Å²) in [4.78, 5) is 2.48. The first kappa shape index (κ1) is 10.4. The van der Waals surface area contributed by atoms with Gasteiger partial charge in [-0.25, -0.2) is 5.01 Å². The lowest BCUT2D eigenvalue weighted by molar-refractivity contribution is 0.135. The van der Waals surface area contributed by atoms with Crippen LogP contribution in [-0.2, 0) is 0 Å². The number of likely N-dealkylation sites (tertiary alicyclic amines) is 1. The molecule has 14 heavy (non-hydrogen) atoms. The predicted molar refractivity (Wildman–Crippen MR) is 59.1 cm³/mol. The third kappa shape index (κ3) is 2.69. The van der Waals surface area contributed by atoms with Gasteiger partial charge in [-0.1, -0.05) is 6.42 Å². The smallest absolute Gasteiger partial charge is 0.0258 e. The van der Waals surface area contributed by atoms with Crippen molar-refractivity contribution in [1.29, 1.82) is 0 Å². The fraction of sp³-hybridized carbons (Fsp3) is 1.00. The predicted octanol–water partition coefficient (Wildman–Crippen LogP) is 1.07. The Morgan fingerprint density at radius 1 is 1.07 bits per heavy atom. The lowest BCUT2D eigenvalue weighted by atomic mass is 10.2. The van der Waals surface area contributed by atoms with E-state index in [1.807, 2.05) is 0 Å². The minimum Gasteiger partial charge on any atom is -0.302 e. The highest BCUT2D eigenvalue weighted by Gasteiger charge is 2.21. The number of hydrogen-bond acceptors (Lipinski definition) is 3. The highest BCUT2D eigenvalue weighted by molar-refractivity contribution is 4.78. The van der Waals surface area contributed by atoms with Crippen molar-refractivity contribution in [2.24, 2.45) is 0 Å². The number of nitrogens with one attached hydrogen (secondary N) is 1. The third-order valence-corrected chi connectivity index (χ3v) is 3.58. The van der Waals surface area contributed by atoms with Crippen LogP contribution in [0.4, 0.5) is 0 Å². The molecule has 0 amide bonds. The number of likely N-dealkylation sites (N-methyl/N-ethyl adjacent to an activating group) is 1. The summed E-state index contributed by atoms with van der Waals surface area (Å²) in [5.74, 6) is 0. The molecule has 0 aromatic carbocycles. The van der Waals surface area contributed by atoms with E-state index in [1.54, 1.807) is 0 Å². The summed E-state index contributed by atoms with van der Waals surface area (Å²) in [6.07, 6.45) is 6.91. The second-order valence-electron chi connectivity index (χ2n) is 4.69. The Morgan fingerprint density at radius 2 is 1.86 bits per heavy atom. The van der Waals surface area contributed by atoms with E-state index in [2.05, 4.69) is 22.4 Å². The van der Waals surface area contributed by atoms with Crippen LogP contribution in [0.15, 0.2) is 0 Å². The maximum absolute atomic E-state index is 3.59. The molecule has 0 aliphatic carbocycles. The van der Waals surface area contributed by atoms with Crippen molar-refractivity contribution in [3.8, 4) is 0 Å². The molecule has 0 spiro atoms. The van der Waals surface area contributed by atoms with E-state index in [1.165, 1.54) is 51.7 Å². The first-order chi connectivity index (χ1) is 6.86. The number of hydrazine groups is 1. The summed E-state index contributed by atoms with van der Waals surface area (Å²) < 4.78 is 0. The van der Waals surface area contributed by atoms with Gasteiger partial charge in [0.25, 0.3) is 0 Å². The molecule has 1 unspecified atom stereocenters. The van der Waals surface area contributed by atoms with Gasteiger partial charge in [-0.05, 0) is 39.3 Å². The molecule has 2 rings (SSSR count). The van der Waals surface area contributed by atoms with Crippen LogP contribution in [-0.4, -0.2) is 49.2 Å². The third-order valence-electron chi connectivity index (χ3n) is 3.58. The normalized spacial score (nSPS) is 31.1. The van der Waals surface area contributed by atoms with E-state index in [0.29, 0.717) is 0 Å². The molecule has 1 N–H and O–H groups in total. The summed E-state index contributed by atoms with van der Waals surface area (Å²) in [5.41, 5.74) is 3.59. The molecule has 0 saturated carbocycles. The van der Waals surface area contributed by atoms with Crippen LogP contribution in [0.25, 0.3) is 0 Å². The molecule has 1 atom stereocenters. The average molecular weight is 197 g/mol. The fourth-order valence-corrected chi connectivity index (χ4v) is 2.52. The van der Waals surface area contributed by atoms with Crippen LogP contribution in [0.3, 0.4) is 0 Å². The summed E-state index contributed by atoms with van der Waals surface area (Å²) in [7, 11) is 2.25. The molecule has 2 heterocycles. The second-order valence-corrected chi connectivity index (χ2v) is 4.69. The molecule has 2 saturated heterocycles. The Bertz CT molecular complexity index is 166. The molecule has 3 heteroatoms. The molecule has 82 valence electrons. The molecule has 0 aromatic heterocycles. The highest BCUT2D eigenvalue weighted by Crippen LogP contribution is 2.14. The minimum atomic E-state index is 0.775. The van der Waals surface area contributed by atoms with E-state index in [4.69, 9.17) is 0 Å². The van der Waals surface area contributed by atoms with Crippen molar-refractivity contribution in [3.05, 3.63) is 0 Å². The maximum atomic E-state index is 3.59. The Balaban J connectivity index is 1.65. The Morgan fingerprint density at radius 3 is 2.50 bits per heavy atom. The lowest BCUT2D eigenvalue weighted by Gasteiger charge is -2.30. The summed E-state index contributed by atoms with van der Waals surface area (Å²) in [6.45, 7) is 4.93. The van der Waals surface area contributed by atoms with Crippen LogP contribution >= 0.6 is 0 Å². The van der Waals surface area contributed by atoms with Crippen molar-refractivity contribution in [1.82, 2.24) is 15.3 Å². The van der Waals surface area contributed by atoms with Gasteiger partial charge >= 0.3 is 0 Å². The molecule has 3 nitrogen and oxygen atoms in total. The van der Waals surface area contributed by atoms with E-state index in [9.17, 15) is 0 Å². The van der Waals surface area contributed by atoms with Gasteiger partial charge in [0, 0.05) is 25.7 Å². The quantitative estimate of drug-likeness (QED) is 0.730. The van der Waals surface area contributed by atoms with Gasteiger partial charge in [-0.3, -0.25) is 5.43 Å². The second kappa shape index (κ2) is 5.10. The van der Waals surface area contributed by atoms with E-state index >= 15 is 0 Å². The van der Waals surface area contributed by atoms with Gasteiger partial charge in [0.1, 0.15) is 0 Å². The minimum absolute atomic E-state index is 0.775. The van der Waals surface area contributed by atoms with Crippen molar-refractivity contribution >= 4 is 0 Å². The van der Waals surface area contributed by atoms with Crippen LogP contribution in [0.2, 0.25) is 0 Å². The van der Waals surface area contributed by atoms with Crippen molar-refractivity contribution in [3.63, 3.8) is 0 Å². The summed E-state index contributed by atoms with van der Waals surface area (Å²) in [6, 6.07) is 0.775. The monoisotopic (exact) mass is 197 g/mol. The van der Waals surface area contributed by atoms with Crippen molar-refractivity contribution in [2.75, 3.05) is 33.2 Å². The zero-order valence-electron chi connectivity index (χ0n) is 9.34. The van der Waals surface area contributed by atoms with Crippen LogP contribution in [0.1, 0.15) is 32.1 Å². The fourth-order valence-electron chi connectivity index (χ4n) is 2.52. The molecule has 2 fully saturated rings. The summed E-state index contributed by atoms with van der Waals surface area (Å²) in [5, 5.41) is 2.41. The molecular formula is C11H23N3. The zero-order chi connectivity index (χ0) is 9.80.